The van der Waals surface area contributed by atoms with E-state index >= 15 is 0 Å². The van der Waals surface area contributed by atoms with E-state index < -0.39 is 11.4 Å². The Kier molecular flexibility index (Phi) is 5.57. The first kappa shape index (κ1) is 20.8. The molecule has 2 aliphatic rings. The number of nitrogens with one attached hydrogen (secondary N) is 1. The highest BCUT2D eigenvalue weighted by Crippen LogP contribution is 2.35. The summed E-state index contributed by atoms with van der Waals surface area (Å²) in [7, 11) is 0. The summed E-state index contributed by atoms with van der Waals surface area (Å²) in [5.74, 6) is -1.13. The van der Waals surface area contributed by atoms with Gasteiger partial charge in [0.1, 0.15) is 11.4 Å². The van der Waals surface area contributed by atoms with E-state index in [0.717, 1.165) is 5.56 Å². The summed E-state index contributed by atoms with van der Waals surface area (Å²) < 4.78 is 14.8. The van der Waals surface area contributed by atoms with Crippen LogP contribution in [0.5, 0.6) is 0 Å². The number of nitriles is 1. The minimum atomic E-state index is -0.688. The summed E-state index contributed by atoms with van der Waals surface area (Å²) in [4.78, 5) is 26.3. The Labute approximate surface area is 179 Å². The zero-order valence-electron chi connectivity index (χ0n) is 17.0. The number of nitrogens with two attached hydrogens (primary N) is 1. The summed E-state index contributed by atoms with van der Waals surface area (Å²) in [6.07, 6.45) is 5.44. The molecule has 2 amide bonds. The van der Waals surface area contributed by atoms with Gasteiger partial charge < -0.3 is 11.1 Å². The summed E-state index contributed by atoms with van der Waals surface area (Å²) >= 11 is 0. The van der Waals surface area contributed by atoms with Crippen LogP contribution in [0.4, 0.5) is 10.2 Å². The number of hydrogen-bond donors (Lipinski definition) is 2. The maximum atomic E-state index is 13.1. The predicted molar refractivity (Wildman–Crippen MR) is 111 cm³/mol. The van der Waals surface area contributed by atoms with Gasteiger partial charge in [-0.25, -0.2) is 4.39 Å². The molecule has 1 aliphatic heterocycles. The Morgan fingerprint density at radius 3 is 2.52 bits per heavy atom. The fraction of sp³-hybridized carbons (Fsp3) is 0.364. The lowest BCUT2D eigenvalue weighted by molar-refractivity contribution is -0.112. The van der Waals surface area contributed by atoms with Crippen LogP contribution >= 0.6 is 0 Å². The smallest absolute Gasteiger partial charge is 0.254 e. The van der Waals surface area contributed by atoms with Gasteiger partial charge in [-0.2, -0.15) is 10.4 Å². The van der Waals surface area contributed by atoms with Crippen molar-refractivity contribution in [3.8, 4) is 6.07 Å². The van der Waals surface area contributed by atoms with Crippen LogP contribution in [-0.2, 0) is 16.9 Å². The Bertz CT molecular complexity index is 1070. The van der Waals surface area contributed by atoms with Gasteiger partial charge in [-0.1, -0.05) is 18.2 Å². The maximum Gasteiger partial charge on any atom is 0.254 e. The average molecular weight is 422 g/mol. The van der Waals surface area contributed by atoms with E-state index in [2.05, 4.69) is 21.4 Å². The second-order valence-corrected chi connectivity index (χ2v) is 8.05. The third-order valence-electron chi connectivity index (χ3n) is 5.91. The molecule has 0 bridgehead atoms. The van der Waals surface area contributed by atoms with Crippen molar-refractivity contribution in [3.63, 3.8) is 0 Å². The monoisotopic (exact) mass is 422 g/mol. The highest BCUT2D eigenvalue weighted by molar-refractivity contribution is 6.09. The lowest BCUT2D eigenvalue weighted by Crippen LogP contribution is -2.46. The first-order valence-electron chi connectivity index (χ1n) is 10.1. The molecule has 1 aromatic carbocycles. The topological polar surface area (TPSA) is 117 Å². The lowest BCUT2D eigenvalue weighted by Gasteiger charge is -2.40. The van der Waals surface area contributed by atoms with Gasteiger partial charge in [0.05, 0.1) is 18.0 Å². The van der Waals surface area contributed by atoms with Crippen molar-refractivity contribution < 1.29 is 14.0 Å². The molecule has 0 saturated carbocycles. The fourth-order valence-electron chi connectivity index (χ4n) is 3.92. The van der Waals surface area contributed by atoms with E-state index in [1.54, 1.807) is 22.9 Å². The Balaban J connectivity index is 1.52. The largest absolute Gasteiger partial charge is 0.365 e. The van der Waals surface area contributed by atoms with E-state index in [0.29, 0.717) is 44.5 Å². The summed E-state index contributed by atoms with van der Waals surface area (Å²) in [6, 6.07) is 8.67. The van der Waals surface area contributed by atoms with E-state index in [9.17, 15) is 19.2 Å². The molecule has 3 N–H and O–H groups in total. The van der Waals surface area contributed by atoms with Crippen LogP contribution in [-0.4, -0.2) is 39.6 Å². The number of nitrogens with zero attached hydrogens (tertiary/aromatic N) is 4. The van der Waals surface area contributed by atoms with E-state index in [4.69, 9.17) is 5.73 Å². The van der Waals surface area contributed by atoms with Crippen molar-refractivity contribution in [2.45, 2.75) is 37.8 Å². The third-order valence-corrected chi connectivity index (χ3v) is 5.91. The number of anilines is 1. The molecule has 8 nitrogen and oxygen atoms in total. The number of carbonyl (C=O) groups excluding carboxylic acids is 2. The number of benzene rings is 1. The molecule has 1 aromatic heterocycles. The molecule has 2 aromatic rings. The number of amides is 2. The van der Waals surface area contributed by atoms with Crippen LogP contribution < -0.4 is 11.1 Å². The summed E-state index contributed by atoms with van der Waals surface area (Å²) in [5.41, 5.74) is 6.69. The summed E-state index contributed by atoms with van der Waals surface area (Å²) in [6.45, 7) is 2.10. The minimum Gasteiger partial charge on any atom is -0.365 e. The van der Waals surface area contributed by atoms with Crippen molar-refractivity contribution in [2.75, 3.05) is 18.4 Å². The molecule has 0 atom stereocenters. The normalized spacial score (nSPS) is 17.5. The predicted octanol–water partition coefficient (Wildman–Crippen LogP) is 2.29. The number of primary amides is 1. The molecule has 1 saturated heterocycles. The first-order chi connectivity index (χ1) is 14.9. The zero-order chi connectivity index (χ0) is 22.0. The molecule has 31 heavy (non-hydrogen) atoms. The van der Waals surface area contributed by atoms with Crippen molar-refractivity contribution in [2.24, 2.45) is 5.73 Å². The van der Waals surface area contributed by atoms with Crippen molar-refractivity contribution >= 4 is 17.6 Å². The molecular weight excluding hydrogens is 399 g/mol. The minimum absolute atomic E-state index is 0.122. The van der Waals surface area contributed by atoms with E-state index in [-0.39, 0.29) is 29.5 Å². The fourth-order valence-corrected chi connectivity index (χ4v) is 3.92. The van der Waals surface area contributed by atoms with E-state index in [1.165, 1.54) is 18.3 Å². The Morgan fingerprint density at radius 2 is 1.94 bits per heavy atom. The van der Waals surface area contributed by atoms with Gasteiger partial charge in [0, 0.05) is 31.4 Å². The molecule has 4 rings (SSSR count). The molecule has 0 spiro atoms. The molecule has 9 heteroatoms. The number of halogens is 1. The van der Waals surface area contributed by atoms with Crippen LogP contribution in [0, 0.1) is 17.1 Å². The molecule has 160 valence electrons. The second-order valence-electron chi connectivity index (χ2n) is 8.05. The number of carbonyl (C=O) groups is 2. The van der Waals surface area contributed by atoms with Gasteiger partial charge in [0.2, 0.25) is 0 Å². The summed E-state index contributed by atoms with van der Waals surface area (Å²) in [5, 5.41) is 16.6. The highest BCUT2D eigenvalue weighted by atomic mass is 19.1. The maximum absolute atomic E-state index is 13.1. The molecule has 2 heterocycles. The van der Waals surface area contributed by atoms with Crippen LogP contribution in [0.25, 0.3) is 0 Å². The van der Waals surface area contributed by atoms with Crippen LogP contribution in [0.3, 0.4) is 0 Å². The van der Waals surface area contributed by atoms with E-state index in [1.807, 2.05) is 0 Å². The lowest BCUT2D eigenvalue weighted by atomic mass is 9.84. The number of aromatic nitrogens is 2. The van der Waals surface area contributed by atoms with Crippen molar-refractivity contribution in [3.05, 3.63) is 59.1 Å². The number of allylic oxidation sites excluding steroid dienone is 1. The standard InChI is InChI=1S/C22H23FN6O2/c23-17-5-1-15(2-6-17)13-28-11-8-22(7-10-24,9-12-28)29-14-18(19(25)30)20(27-29)26-21(31)16-3-4-16/h1-3,5-6,14H,4,7-9,11-13H2,(H2,25,30)(H,26,27,31). The number of rotatable bonds is 7. The number of hydrogen-bond acceptors (Lipinski definition) is 5. The zero-order valence-corrected chi connectivity index (χ0v) is 17.0. The number of piperidine rings is 1. The first-order valence-corrected chi connectivity index (χ1v) is 10.1. The Hall–Kier alpha value is -3.51. The van der Waals surface area contributed by atoms with Crippen molar-refractivity contribution in [1.29, 1.82) is 5.26 Å². The second kappa shape index (κ2) is 8.32. The van der Waals surface area contributed by atoms with Crippen LogP contribution in [0.1, 0.15) is 41.6 Å². The van der Waals surface area contributed by atoms with Crippen LogP contribution in [0.2, 0.25) is 0 Å². The van der Waals surface area contributed by atoms with Gasteiger partial charge in [-0.15, -0.1) is 0 Å². The average Bonchev–Trinajstić information content (AvgIpc) is 3.51. The third kappa shape index (κ3) is 4.49. The van der Waals surface area contributed by atoms with Gasteiger partial charge >= 0.3 is 0 Å². The molecular formula is C22H23FN6O2. The van der Waals surface area contributed by atoms with Crippen LogP contribution in [0.15, 0.2) is 42.1 Å². The molecule has 0 unspecified atom stereocenters. The molecule has 1 fully saturated rings. The molecule has 0 radical (unpaired) electrons. The van der Waals surface area contributed by atoms with Gasteiger partial charge in [0.15, 0.2) is 5.82 Å². The van der Waals surface area contributed by atoms with Gasteiger partial charge in [0.25, 0.3) is 11.8 Å². The number of likely N-dealkylation sites (tertiary alicyclic amines) is 1. The molecule has 1 aliphatic carbocycles. The van der Waals surface area contributed by atoms with Gasteiger partial charge in [-0.3, -0.25) is 19.2 Å². The highest BCUT2D eigenvalue weighted by Gasteiger charge is 2.38. The van der Waals surface area contributed by atoms with Crippen molar-refractivity contribution in [1.82, 2.24) is 14.7 Å². The van der Waals surface area contributed by atoms with Gasteiger partial charge in [-0.05, 0) is 37.0 Å². The SMILES string of the molecule is N#CCC1(n2cc(C(N)=O)c(NC(=O)C3=CC3)n2)CCN(Cc2ccc(F)cc2)CC1. The Morgan fingerprint density at radius 1 is 1.26 bits per heavy atom. The quantitative estimate of drug-likeness (QED) is 0.710.